The fourth-order valence-electron chi connectivity index (χ4n) is 3.01. The number of rotatable bonds is 3. The minimum Gasteiger partial charge on any atom is -0.444 e. The number of carbonyl (C=O) groups excluding carboxylic acids is 3. The maximum atomic E-state index is 12.8. The Morgan fingerprint density at radius 1 is 1.26 bits per heavy atom. The molecule has 1 aromatic rings. The van der Waals surface area contributed by atoms with Crippen LogP contribution in [0.2, 0.25) is 0 Å². The first-order valence-electron chi connectivity index (χ1n) is 9.04. The molecule has 1 aliphatic heterocycles. The summed E-state index contributed by atoms with van der Waals surface area (Å²) in [5.74, 6) is -0.582. The third-order valence-corrected chi connectivity index (χ3v) is 4.62. The normalized spacial score (nSPS) is 20.7. The maximum absolute atomic E-state index is 12.8. The number of anilines is 2. The summed E-state index contributed by atoms with van der Waals surface area (Å²) in [4.78, 5) is 39.1. The molecule has 0 spiro atoms. The highest BCUT2D eigenvalue weighted by Gasteiger charge is 2.52. The summed E-state index contributed by atoms with van der Waals surface area (Å²) in [6, 6.07) is 6.74. The van der Waals surface area contributed by atoms with E-state index < -0.39 is 23.3 Å². The highest BCUT2D eigenvalue weighted by atomic mass is 16.6. The van der Waals surface area contributed by atoms with E-state index in [4.69, 9.17) is 4.74 Å². The number of benzene rings is 1. The molecule has 8 nitrogen and oxygen atoms in total. The maximum Gasteiger partial charge on any atom is 0.408 e. The van der Waals surface area contributed by atoms with Crippen LogP contribution in [0, 0.1) is 0 Å². The lowest BCUT2D eigenvalue weighted by atomic mass is 10.2. The van der Waals surface area contributed by atoms with Crippen LogP contribution >= 0.6 is 0 Å². The zero-order chi connectivity index (χ0) is 19.8. The van der Waals surface area contributed by atoms with Crippen molar-refractivity contribution in [1.82, 2.24) is 10.6 Å². The van der Waals surface area contributed by atoms with Crippen molar-refractivity contribution in [1.29, 1.82) is 0 Å². The van der Waals surface area contributed by atoms with E-state index in [1.54, 1.807) is 27.8 Å². The molecule has 146 valence electrons. The number of nitrogens with one attached hydrogen (secondary N) is 3. The molecule has 3 amide bonds. The number of nitrogens with zero attached hydrogens (tertiary/aromatic N) is 1. The number of likely N-dealkylation sites (N-methyl/N-ethyl adjacent to an activating group) is 1. The SMILES string of the molecule is CN1C(=O)[C@H](NC(=O)C2(NC(=O)OC(C)(C)C)CC2)CNc2ccccc21. The van der Waals surface area contributed by atoms with Gasteiger partial charge in [-0.15, -0.1) is 0 Å². The molecule has 0 saturated heterocycles. The summed E-state index contributed by atoms with van der Waals surface area (Å²) in [5, 5.41) is 8.63. The fourth-order valence-corrected chi connectivity index (χ4v) is 3.01. The van der Waals surface area contributed by atoms with Gasteiger partial charge in [-0.2, -0.15) is 0 Å². The van der Waals surface area contributed by atoms with Crippen LogP contribution in [-0.2, 0) is 14.3 Å². The van der Waals surface area contributed by atoms with Crippen LogP contribution in [0.4, 0.5) is 16.2 Å². The molecule has 1 aliphatic carbocycles. The minimum atomic E-state index is -1.000. The number of carbonyl (C=O) groups is 3. The summed E-state index contributed by atoms with van der Waals surface area (Å²) < 4.78 is 5.24. The Labute approximate surface area is 158 Å². The van der Waals surface area contributed by atoms with Gasteiger partial charge in [0, 0.05) is 13.6 Å². The molecular weight excluding hydrogens is 348 g/mol. The van der Waals surface area contributed by atoms with Gasteiger partial charge in [0.1, 0.15) is 17.2 Å². The van der Waals surface area contributed by atoms with Crippen molar-refractivity contribution in [3.63, 3.8) is 0 Å². The fraction of sp³-hybridized carbons (Fsp3) is 0.526. The zero-order valence-electron chi connectivity index (χ0n) is 16.1. The van der Waals surface area contributed by atoms with Crippen molar-refractivity contribution in [2.75, 3.05) is 23.8 Å². The Kier molecular flexibility index (Phi) is 4.75. The number of hydrogen-bond donors (Lipinski definition) is 3. The van der Waals surface area contributed by atoms with Gasteiger partial charge < -0.3 is 25.6 Å². The van der Waals surface area contributed by atoms with Crippen molar-refractivity contribution in [3.8, 4) is 0 Å². The highest BCUT2D eigenvalue weighted by molar-refractivity contribution is 6.04. The first-order valence-corrected chi connectivity index (χ1v) is 9.04. The molecule has 0 bridgehead atoms. The van der Waals surface area contributed by atoms with Gasteiger partial charge in [0.15, 0.2) is 0 Å². The van der Waals surface area contributed by atoms with E-state index in [0.29, 0.717) is 12.8 Å². The molecule has 1 saturated carbocycles. The van der Waals surface area contributed by atoms with E-state index in [-0.39, 0.29) is 18.4 Å². The van der Waals surface area contributed by atoms with Crippen LogP contribution < -0.4 is 20.9 Å². The van der Waals surface area contributed by atoms with E-state index >= 15 is 0 Å². The molecule has 27 heavy (non-hydrogen) atoms. The topological polar surface area (TPSA) is 99.8 Å². The molecule has 1 heterocycles. The Balaban J connectivity index is 1.66. The molecule has 0 aromatic heterocycles. The number of fused-ring (bicyclic) bond motifs is 1. The molecule has 0 radical (unpaired) electrons. The van der Waals surface area contributed by atoms with Gasteiger partial charge in [0.05, 0.1) is 11.4 Å². The molecule has 8 heteroatoms. The van der Waals surface area contributed by atoms with Crippen LogP contribution in [0.1, 0.15) is 33.6 Å². The molecule has 1 fully saturated rings. The van der Waals surface area contributed by atoms with Crippen LogP contribution in [0.15, 0.2) is 24.3 Å². The van der Waals surface area contributed by atoms with Gasteiger partial charge in [-0.3, -0.25) is 9.59 Å². The second kappa shape index (κ2) is 6.75. The third-order valence-electron chi connectivity index (χ3n) is 4.62. The Morgan fingerprint density at radius 2 is 1.93 bits per heavy atom. The number of para-hydroxylation sites is 2. The molecule has 0 unspecified atom stereocenters. The number of hydrogen-bond acceptors (Lipinski definition) is 5. The van der Waals surface area contributed by atoms with Crippen LogP contribution in [-0.4, -0.2) is 48.7 Å². The lowest BCUT2D eigenvalue weighted by molar-refractivity contribution is -0.129. The van der Waals surface area contributed by atoms with Crippen molar-refractivity contribution in [2.24, 2.45) is 0 Å². The van der Waals surface area contributed by atoms with Gasteiger partial charge in [-0.25, -0.2) is 4.79 Å². The molecule has 3 rings (SSSR count). The average Bonchev–Trinajstić information content (AvgIpc) is 3.36. The van der Waals surface area contributed by atoms with Crippen LogP contribution in [0.3, 0.4) is 0 Å². The van der Waals surface area contributed by atoms with Gasteiger partial charge in [-0.1, -0.05) is 12.1 Å². The van der Waals surface area contributed by atoms with E-state index in [1.807, 2.05) is 24.3 Å². The van der Waals surface area contributed by atoms with Gasteiger partial charge in [-0.05, 0) is 45.7 Å². The molecular formula is C19H26N4O4. The van der Waals surface area contributed by atoms with Gasteiger partial charge in [0.2, 0.25) is 5.91 Å². The predicted molar refractivity (Wildman–Crippen MR) is 102 cm³/mol. The van der Waals surface area contributed by atoms with E-state index in [9.17, 15) is 14.4 Å². The first kappa shape index (κ1) is 19.0. The third kappa shape index (κ3) is 4.15. The first-order chi connectivity index (χ1) is 12.6. The minimum absolute atomic E-state index is 0.214. The van der Waals surface area contributed by atoms with Crippen LogP contribution in [0.5, 0.6) is 0 Å². The summed E-state index contributed by atoms with van der Waals surface area (Å²) in [6.45, 7) is 5.55. The van der Waals surface area contributed by atoms with Crippen molar-refractivity contribution in [3.05, 3.63) is 24.3 Å². The summed E-state index contributed by atoms with van der Waals surface area (Å²) in [5.41, 5.74) is -0.0579. The molecule has 2 aliphatic rings. The second-order valence-electron chi connectivity index (χ2n) is 8.03. The van der Waals surface area contributed by atoms with Gasteiger partial charge in [0.25, 0.3) is 5.91 Å². The average molecular weight is 374 g/mol. The monoisotopic (exact) mass is 374 g/mol. The zero-order valence-corrected chi connectivity index (χ0v) is 16.1. The molecule has 3 N–H and O–H groups in total. The van der Waals surface area contributed by atoms with Crippen LogP contribution in [0.25, 0.3) is 0 Å². The standard InChI is InChI=1S/C19H26N4O4/c1-18(2,3)27-17(26)22-19(9-10-19)16(25)21-13-11-20-12-7-5-6-8-14(12)23(4)15(13)24/h5-8,13,20H,9-11H2,1-4H3,(H,21,25)(H,22,26)/t13-/m1/s1. The number of alkyl carbamates (subject to hydrolysis) is 1. The summed E-state index contributed by atoms with van der Waals surface area (Å²) in [6.07, 6.45) is 0.398. The highest BCUT2D eigenvalue weighted by Crippen LogP contribution is 2.36. The molecule has 1 atom stereocenters. The second-order valence-corrected chi connectivity index (χ2v) is 8.03. The Morgan fingerprint density at radius 3 is 2.56 bits per heavy atom. The number of ether oxygens (including phenoxy) is 1. The Bertz CT molecular complexity index is 767. The number of amides is 3. The lowest BCUT2D eigenvalue weighted by Gasteiger charge is -2.25. The quantitative estimate of drug-likeness (QED) is 0.747. The predicted octanol–water partition coefficient (Wildman–Crippen LogP) is 1.62. The van der Waals surface area contributed by atoms with Crippen molar-refractivity contribution >= 4 is 29.3 Å². The summed E-state index contributed by atoms with van der Waals surface area (Å²) >= 11 is 0. The van der Waals surface area contributed by atoms with E-state index in [1.165, 1.54) is 4.90 Å². The smallest absolute Gasteiger partial charge is 0.408 e. The Hall–Kier alpha value is -2.77. The lowest BCUT2D eigenvalue weighted by Crippen LogP contribution is -2.57. The largest absolute Gasteiger partial charge is 0.444 e. The van der Waals surface area contributed by atoms with E-state index in [2.05, 4.69) is 16.0 Å². The summed E-state index contributed by atoms with van der Waals surface area (Å²) in [7, 11) is 1.68. The van der Waals surface area contributed by atoms with Gasteiger partial charge >= 0.3 is 6.09 Å². The molecule has 1 aromatic carbocycles. The van der Waals surface area contributed by atoms with E-state index in [0.717, 1.165) is 11.4 Å². The van der Waals surface area contributed by atoms with Crippen molar-refractivity contribution in [2.45, 2.75) is 50.8 Å². The van der Waals surface area contributed by atoms with Crippen molar-refractivity contribution < 1.29 is 19.1 Å².